The predicted octanol–water partition coefficient (Wildman–Crippen LogP) is 2.31. The maximum absolute atomic E-state index is 13.6. The molecule has 0 amide bonds. The van der Waals surface area contributed by atoms with Crippen LogP contribution in [-0.2, 0) is 20.0 Å². The summed E-state index contributed by atoms with van der Waals surface area (Å²) in [4.78, 5) is 0. The highest BCUT2D eigenvalue weighted by Gasteiger charge is 2.34. The Bertz CT molecular complexity index is 1110. The molecular weight excluding hydrogens is 393 g/mol. The molecule has 1 heterocycles. The van der Waals surface area contributed by atoms with Crippen molar-refractivity contribution >= 4 is 31.4 Å². The van der Waals surface area contributed by atoms with Gasteiger partial charge in [-0.2, -0.15) is 9.52 Å². The predicted molar refractivity (Wildman–Crippen MR) is 102 cm³/mol. The minimum Gasteiger partial charge on any atom is -0.284 e. The second kappa shape index (κ2) is 6.93. The molecule has 0 radical (unpaired) electrons. The average molecular weight is 411 g/mol. The molecule has 10 heteroatoms. The Hall–Kier alpha value is -2.46. The van der Waals surface area contributed by atoms with E-state index in [0.29, 0.717) is 22.5 Å². The van der Waals surface area contributed by atoms with E-state index < -0.39 is 31.9 Å². The summed E-state index contributed by atoms with van der Waals surface area (Å²) < 4.78 is 64.1. The standard InChI is InChI=1S/C17H18FN3O4S2/c1-26(22,23)20-15-8-4-5-12(10-15)16-11-17(21(19-16)27(2,24)25)13-6-3-7-14(18)9-13/h3-10,17,20H,11H2,1-2H3. The van der Waals surface area contributed by atoms with Crippen LogP contribution in [0.25, 0.3) is 0 Å². The van der Waals surface area contributed by atoms with Gasteiger partial charge in [-0.25, -0.2) is 21.2 Å². The Morgan fingerprint density at radius 2 is 1.78 bits per heavy atom. The van der Waals surface area contributed by atoms with Gasteiger partial charge in [0.25, 0.3) is 0 Å². The highest BCUT2D eigenvalue weighted by molar-refractivity contribution is 7.92. The van der Waals surface area contributed by atoms with Crippen molar-refractivity contribution in [2.24, 2.45) is 5.10 Å². The lowest BCUT2D eigenvalue weighted by atomic mass is 9.99. The maximum Gasteiger partial charge on any atom is 0.247 e. The Morgan fingerprint density at radius 3 is 2.41 bits per heavy atom. The largest absolute Gasteiger partial charge is 0.284 e. The first-order valence-corrected chi connectivity index (χ1v) is 11.7. The number of rotatable bonds is 5. The van der Waals surface area contributed by atoms with Crippen LogP contribution in [0.5, 0.6) is 0 Å². The molecule has 144 valence electrons. The summed E-state index contributed by atoms with van der Waals surface area (Å²) in [7, 11) is -7.13. The molecule has 2 aromatic rings. The molecule has 0 aromatic heterocycles. The number of benzene rings is 2. The normalized spacial score (nSPS) is 17.7. The van der Waals surface area contributed by atoms with Gasteiger partial charge in [0.1, 0.15) is 5.82 Å². The zero-order valence-electron chi connectivity index (χ0n) is 14.6. The Balaban J connectivity index is 1.99. The number of hydrogen-bond donors (Lipinski definition) is 1. The van der Waals surface area contributed by atoms with Crippen LogP contribution in [-0.4, -0.2) is 39.5 Å². The third-order valence-electron chi connectivity index (χ3n) is 3.94. The van der Waals surface area contributed by atoms with Crippen LogP contribution in [0.1, 0.15) is 23.6 Å². The molecule has 0 saturated heterocycles. The first kappa shape index (κ1) is 19.3. The van der Waals surface area contributed by atoms with Gasteiger partial charge in [0, 0.05) is 12.1 Å². The lowest BCUT2D eigenvalue weighted by Crippen LogP contribution is -2.26. The van der Waals surface area contributed by atoms with Crippen molar-refractivity contribution in [2.45, 2.75) is 12.5 Å². The smallest absolute Gasteiger partial charge is 0.247 e. The molecule has 0 saturated carbocycles. The number of hydrazone groups is 1. The fraction of sp³-hybridized carbons (Fsp3) is 0.235. The third-order valence-corrected chi connectivity index (χ3v) is 5.57. The van der Waals surface area contributed by atoms with E-state index in [-0.39, 0.29) is 6.42 Å². The van der Waals surface area contributed by atoms with Crippen LogP contribution in [0.4, 0.5) is 10.1 Å². The number of hydrogen-bond acceptors (Lipinski definition) is 5. The van der Waals surface area contributed by atoms with Crippen molar-refractivity contribution in [1.29, 1.82) is 0 Å². The average Bonchev–Trinajstić information content (AvgIpc) is 2.99. The minimum absolute atomic E-state index is 0.235. The van der Waals surface area contributed by atoms with Crippen LogP contribution in [0.2, 0.25) is 0 Å². The van der Waals surface area contributed by atoms with Crippen LogP contribution in [0.15, 0.2) is 53.6 Å². The Kier molecular flexibility index (Phi) is 4.96. The highest BCUT2D eigenvalue weighted by Crippen LogP contribution is 2.35. The maximum atomic E-state index is 13.6. The zero-order chi connectivity index (χ0) is 19.8. The molecule has 0 spiro atoms. The first-order chi connectivity index (χ1) is 12.5. The van der Waals surface area contributed by atoms with Gasteiger partial charge in [-0.05, 0) is 35.4 Å². The van der Waals surface area contributed by atoms with Crippen LogP contribution in [0.3, 0.4) is 0 Å². The summed E-state index contributed by atoms with van der Waals surface area (Å²) >= 11 is 0. The van der Waals surface area contributed by atoms with Crippen molar-refractivity contribution in [3.63, 3.8) is 0 Å². The summed E-state index contributed by atoms with van der Waals surface area (Å²) in [6, 6.07) is 11.6. The molecule has 7 nitrogen and oxygen atoms in total. The second-order valence-electron chi connectivity index (χ2n) is 6.31. The zero-order valence-corrected chi connectivity index (χ0v) is 16.3. The van der Waals surface area contributed by atoms with E-state index >= 15 is 0 Å². The lowest BCUT2D eigenvalue weighted by Gasteiger charge is -2.21. The third kappa shape index (κ3) is 4.64. The molecule has 0 fully saturated rings. The molecule has 1 atom stereocenters. The number of anilines is 1. The molecule has 1 N–H and O–H groups in total. The number of nitrogens with one attached hydrogen (secondary N) is 1. The monoisotopic (exact) mass is 411 g/mol. The Labute approximate surface area is 157 Å². The molecule has 0 bridgehead atoms. The molecule has 1 aliphatic rings. The fourth-order valence-electron chi connectivity index (χ4n) is 2.91. The summed E-state index contributed by atoms with van der Waals surface area (Å²) in [5.74, 6) is -0.464. The lowest BCUT2D eigenvalue weighted by molar-refractivity contribution is 0.373. The summed E-state index contributed by atoms with van der Waals surface area (Å²) in [6.45, 7) is 0. The van der Waals surface area contributed by atoms with E-state index in [1.165, 1.54) is 18.2 Å². The number of halogens is 1. The fourth-order valence-corrected chi connectivity index (χ4v) is 4.37. The van der Waals surface area contributed by atoms with Gasteiger partial charge in [0.05, 0.1) is 24.3 Å². The first-order valence-electron chi connectivity index (χ1n) is 7.93. The van der Waals surface area contributed by atoms with Gasteiger partial charge >= 0.3 is 0 Å². The van der Waals surface area contributed by atoms with Crippen LogP contribution < -0.4 is 4.72 Å². The van der Waals surface area contributed by atoms with E-state index in [4.69, 9.17) is 0 Å². The Morgan fingerprint density at radius 1 is 1.07 bits per heavy atom. The number of sulfonamides is 2. The van der Waals surface area contributed by atoms with Crippen LogP contribution in [0, 0.1) is 5.82 Å². The van der Waals surface area contributed by atoms with Crippen molar-refractivity contribution in [3.8, 4) is 0 Å². The number of nitrogens with zero attached hydrogens (tertiary/aromatic N) is 2. The molecular formula is C17H18FN3O4S2. The van der Waals surface area contributed by atoms with Gasteiger partial charge in [0.2, 0.25) is 20.0 Å². The molecule has 3 rings (SSSR count). The van der Waals surface area contributed by atoms with E-state index in [9.17, 15) is 21.2 Å². The van der Waals surface area contributed by atoms with E-state index in [1.807, 2.05) is 0 Å². The van der Waals surface area contributed by atoms with Gasteiger partial charge in [0.15, 0.2) is 0 Å². The molecule has 1 unspecified atom stereocenters. The van der Waals surface area contributed by atoms with E-state index in [1.54, 1.807) is 30.3 Å². The van der Waals surface area contributed by atoms with E-state index in [2.05, 4.69) is 9.82 Å². The molecule has 2 aromatic carbocycles. The molecule has 0 aliphatic carbocycles. The van der Waals surface area contributed by atoms with Crippen molar-refractivity contribution in [3.05, 3.63) is 65.5 Å². The summed E-state index contributed by atoms with van der Waals surface area (Å²) in [5.41, 5.74) is 1.88. The van der Waals surface area contributed by atoms with Crippen molar-refractivity contribution in [1.82, 2.24) is 4.41 Å². The van der Waals surface area contributed by atoms with E-state index in [0.717, 1.165) is 16.9 Å². The van der Waals surface area contributed by atoms with Crippen molar-refractivity contribution in [2.75, 3.05) is 17.2 Å². The highest BCUT2D eigenvalue weighted by atomic mass is 32.2. The SMILES string of the molecule is CS(=O)(=O)Nc1cccc(C2=NN(S(C)(=O)=O)C(c3cccc(F)c3)C2)c1. The minimum atomic E-state index is -3.68. The topological polar surface area (TPSA) is 95.9 Å². The van der Waals surface area contributed by atoms with Gasteiger partial charge < -0.3 is 0 Å². The van der Waals surface area contributed by atoms with Crippen molar-refractivity contribution < 1.29 is 21.2 Å². The summed E-state index contributed by atoms with van der Waals surface area (Å²) in [6.07, 6.45) is 2.31. The second-order valence-corrected chi connectivity index (χ2v) is 9.90. The molecule has 27 heavy (non-hydrogen) atoms. The summed E-state index contributed by atoms with van der Waals surface area (Å²) in [5, 5.41) is 4.22. The van der Waals surface area contributed by atoms with Crippen LogP contribution >= 0.6 is 0 Å². The van der Waals surface area contributed by atoms with Gasteiger partial charge in [-0.3, -0.25) is 4.72 Å². The molecule has 1 aliphatic heterocycles. The van der Waals surface area contributed by atoms with Gasteiger partial charge in [-0.15, -0.1) is 0 Å². The quantitative estimate of drug-likeness (QED) is 0.817. The van der Waals surface area contributed by atoms with Gasteiger partial charge in [-0.1, -0.05) is 24.3 Å².